The topological polar surface area (TPSA) is 35.6 Å². The van der Waals surface area contributed by atoms with Gasteiger partial charge >= 0.3 is 0 Å². The lowest BCUT2D eigenvalue weighted by Crippen LogP contribution is -2.53. The lowest BCUT2D eigenvalue weighted by Gasteiger charge is -2.37. The van der Waals surface area contributed by atoms with Crippen molar-refractivity contribution in [2.24, 2.45) is 0 Å². The van der Waals surface area contributed by atoms with Crippen molar-refractivity contribution in [2.75, 3.05) is 26.2 Å². The summed E-state index contributed by atoms with van der Waals surface area (Å²) in [6.07, 6.45) is 0. The summed E-state index contributed by atoms with van der Waals surface area (Å²) in [6.45, 7) is 7.86. The van der Waals surface area contributed by atoms with Gasteiger partial charge in [0.2, 0.25) is 5.91 Å². The molecule has 4 nitrogen and oxygen atoms in total. The monoisotopic (exact) mass is 369 g/mol. The van der Waals surface area contributed by atoms with Gasteiger partial charge in [0, 0.05) is 38.3 Å². The Morgan fingerprint density at radius 3 is 2.30 bits per heavy atom. The SMILES string of the molecule is C[C@H](C(=O)N[C@H](C)c1ccccc1)N1CCN(Cc2ccccc2F)CC1. The van der Waals surface area contributed by atoms with Crippen molar-refractivity contribution >= 4 is 5.91 Å². The smallest absolute Gasteiger partial charge is 0.237 e. The zero-order chi connectivity index (χ0) is 19.2. The molecule has 2 aromatic rings. The summed E-state index contributed by atoms with van der Waals surface area (Å²) in [6, 6.07) is 16.7. The first-order valence-corrected chi connectivity index (χ1v) is 9.59. The van der Waals surface area contributed by atoms with Crippen LogP contribution >= 0.6 is 0 Å². The molecule has 1 fully saturated rings. The maximum absolute atomic E-state index is 13.8. The van der Waals surface area contributed by atoms with Crippen molar-refractivity contribution in [3.63, 3.8) is 0 Å². The molecule has 1 heterocycles. The molecule has 0 radical (unpaired) electrons. The van der Waals surface area contributed by atoms with Gasteiger partial charge in [0.25, 0.3) is 0 Å². The van der Waals surface area contributed by atoms with Gasteiger partial charge in [-0.3, -0.25) is 14.6 Å². The number of amides is 1. The predicted molar refractivity (Wildman–Crippen MR) is 106 cm³/mol. The van der Waals surface area contributed by atoms with Crippen molar-refractivity contribution in [3.05, 3.63) is 71.5 Å². The fourth-order valence-electron chi connectivity index (χ4n) is 3.50. The summed E-state index contributed by atoms with van der Waals surface area (Å²) < 4.78 is 13.8. The third-order valence-electron chi connectivity index (χ3n) is 5.34. The van der Waals surface area contributed by atoms with Gasteiger partial charge < -0.3 is 5.32 Å². The number of carbonyl (C=O) groups is 1. The Morgan fingerprint density at radius 1 is 1.00 bits per heavy atom. The normalized spacial score (nSPS) is 18.0. The van der Waals surface area contributed by atoms with Crippen molar-refractivity contribution in [2.45, 2.75) is 32.5 Å². The second kappa shape index (κ2) is 9.11. The highest BCUT2D eigenvalue weighted by atomic mass is 19.1. The molecular formula is C22H28FN3O. The minimum Gasteiger partial charge on any atom is -0.348 e. The second-order valence-corrected chi connectivity index (χ2v) is 7.22. The zero-order valence-corrected chi connectivity index (χ0v) is 16.1. The molecule has 144 valence electrons. The average Bonchev–Trinajstić information content (AvgIpc) is 2.70. The molecule has 0 bridgehead atoms. The van der Waals surface area contributed by atoms with Crippen LogP contribution in [-0.2, 0) is 11.3 Å². The largest absolute Gasteiger partial charge is 0.348 e. The van der Waals surface area contributed by atoms with Gasteiger partial charge in [0.1, 0.15) is 5.82 Å². The number of nitrogens with one attached hydrogen (secondary N) is 1. The minimum absolute atomic E-state index is 0.0107. The maximum atomic E-state index is 13.8. The van der Waals surface area contributed by atoms with E-state index in [2.05, 4.69) is 15.1 Å². The van der Waals surface area contributed by atoms with Gasteiger partial charge in [-0.25, -0.2) is 4.39 Å². The number of hydrogen-bond donors (Lipinski definition) is 1. The van der Waals surface area contributed by atoms with Gasteiger partial charge in [-0.2, -0.15) is 0 Å². The molecule has 0 unspecified atom stereocenters. The van der Waals surface area contributed by atoms with E-state index in [9.17, 15) is 9.18 Å². The van der Waals surface area contributed by atoms with E-state index >= 15 is 0 Å². The number of nitrogens with zero attached hydrogens (tertiary/aromatic N) is 2. The van der Waals surface area contributed by atoms with Crippen LogP contribution in [0.15, 0.2) is 54.6 Å². The Labute approximate surface area is 161 Å². The van der Waals surface area contributed by atoms with Crippen molar-refractivity contribution in [1.82, 2.24) is 15.1 Å². The van der Waals surface area contributed by atoms with Gasteiger partial charge in [-0.15, -0.1) is 0 Å². The van der Waals surface area contributed by atoms with Gasteiger partial charge in [-0.1, -0.05) is 48.5 Å². The molecule has 27 heavy (non-hydrogen) atoms. The summed E-state index contributed by atoms with van der Waals surface area (Å²) >= 11 is 0. The van der Waals surface area contributed by atoms with Crippen LogP contribution < -0.4 is 5.32 Å². The van der Waals surface area contributed by atoms with Crippen molar-refractivity contribution in [3.8, 4) is 0 Å². The summed E-state index contributed by atoms with van der Waals surface area (Å²) in [5.41, 5.74) is 1.83. The fraction of sp³-hybridized carbons (Fsp3) is 0.409. The van der Waals surface area contributed by atoms with E-state index in [1.165, 1.54) is 6.07 Å². The Morgan fingerprint density at radius 2 is 1.63 bits per heavy atom. The highest BCUT2D eigenvalue weighted by Crippen LogP contribution is 2.15. The minimum atomic E-state index is -0.174. The highest BCUT2D eigenvalue weighted by Gasteiger charge is 2.26. The van der Waals surface area contributed by atoms with Gasteiger partial charge in [-0.05, 0) is 25.5 Å². The molecule has 2 atom stereocenters. The van der Waals surface area contributed by atoms with Crippen LogP contribution in [-0.4, -0.2) is 47.9 Å². The van der Waals surface area contributed by atoms with E-state index in [-0.39, 0.29) is 23.8 Å². The quantitative estimate of drug-likeness (QED) is 0.849. The first kappa shape index (κ1) is 19.5. The Hall–Kier alpha value is -2.24. The molecule has 0 saturated carbocycles. The second-order valence-electron chi connectivity index (χ2n) is 7.22. The molecule has 5 heteroatoms. The summed E-state index contributed by atoms with van der Waals surface area (Å²) in [4.78, 5) is 17.1. The lowest BCUT2D eigenvalue weighted by atomic mass is 10.1. The van der Waals surface area contributed by atoms with E-state index in [0.29, 0.717) is 6.54 Å². The number of rotatable bonds is 6. The molecular weight excluding hydrogens is 341 g/mol. The molecule has 1 aliphatic rings. The molecule has 0 aromatic heterocycles. The van der Waals surface area contributed by atoms with E-state index in [0.717, 1.165) is 37.3 Å². The zero-order valence-electron chi connectivity index (χ0n) is 16.1. The lowest BCUT2D eigenvalue weighted by molar-refractivity contribution is -0.127. The number of benzene rings is 2. The van der Waals surface area contributed by atoms with Crippen molar-refractivity contribution in [1.29, 1.82) is 0 Å². The van der Waals surface area contributed by atoms with E-state index in [1.807, 2.05) is 56.3 Å². The molecule has 0 spiro atoms. The summed E-state index contributed by atoms with van der Waals surface area (Å²) in [5.74, 6) is -0.100. The molecule has 1 aliphatic heterocycles. The van der Waals surface area contributed by atoms with Crippen LogP contribution in [0.5, 0.6) is 0 Å². The maximum Gasteiger partial charge on any atom is 0.237 e. The van der Waals surface area contributed by atoms with Crippen LogP contribution in [0.2, 0.25) is 0 Å². The van der Waals surface area contributed by atoms with Crippen molar-refractivity contribution < 1.29 is 9.18 Å². The summed E-state index contributed by atoms with van der Waals surface area (Å²) in [5, 5.41) is 3.11. The molecule has 1 saturated heterocycles. The molecule has 3 rings (SSSR count). The Kier molecular flexibility index (Phi) is 6.58. The Balaban J connectivity index is 1.48. The molecule has 0 aliphatic carbocycles. The van der Waals surface area contributed by atoms with Gasteiger partial charge in [0.05, 0.1) is 12.1 Å². The number of halogens is 1. The van der Waals surface area contributed by atoms with E-state index < -0.39 is 0 Å². The number of hydrogen-bond acceptors (Lipinski definition) is 3. The molecule has 2 aromatic carbocycles. The van der Waals surface area contributed by atoms with Crippen LogP contribution in [0.3, 0.4) is 0 Å². The van der Waals surface area contributed by atoms with E-state index in [4.69, 9.17) is 0 Å². The number of piperazine rings is 1. The standard InChI is InChI=1S/C22H28FN3O/c1-17(19-8-4-3-5-9-19)24-22(27)18(2)26-14-12-25(13-15-26)16-20-10-6-7-11-21(20)23/h3-11,17-18H,12-16H2,1-2H3,(H,24,27)/t17-,18-/m1/s1. The molecule has 1 N–H and O–H groups in total. The number of carbonyl (C=O) groups excluding carboxylic acids is 1. The highest BCUT2D eigenvalue weighted by molar-refractivity contribution is 5.81. The van der Waals surface area contributed by atoms with E-state index in [1.54, 1.807) is 6.07 Å². The summed E-state index contributed by atoms with van der Waals surface area (Å²) in [7, 11) is 0. The van der Waals surface area contributed by atoms with Crippen LogP contribution in [0.4, 0.5) is 4.39 Å². The average molecular weight is 369 g/mol. The van der Waals surface area contributed by atoms with Gasteiger partial charge in [0.15, 0.2) is 0 Å². The van der Waals surface area contributed by atoms with Crippen LogP contribution in [0.25, 0.3) is 0 Å². The first-order chi connectivity index (χ1) is 13.0. The third kappa shape index (κ3) is 5.15. The van der Waals surface area contributed by atoms with Crippen LogP contribution in [0, 0.1) is 5.82 Å². The molecule has 1 amide bonds. The first-order valence-electron chi connectivity index (χ1n) is 9.59. The fourth-order valence-corrected chi connectivity index (χ4v) is 3.50. The Bertz CT molecular complexity index is 744. The third-order valence-corrected chi connectivity index (χ3v) is 5.34. The predicted octanol–water partition coefficient (Wildman–Crippen LogP) is 3.21. The van der Waals surface area contributed by atoms with Crippen LogP contribution in [0.1, 0.15) is 31.0 Å².